The van der Waals surface area contributed by atoms with E-state index in [1.54, 1.807) is 0 Å². The number of aliphatic carboxylic acids is 1. The van der Waals surface area contributed by atoms with E-state index in [1.807, 2.05) is 21.3 Å². The third kappa shape index (κ3) is 19.0. The molecule has 19 N–H and O–H groups in total. The van der Waals surface area contributed by atoms with Crippen LogP contribution in [0.4, 0.5) is 0 Å². The molecule has 0 radical (unpaired) electrons. The molecule has 28 heteroatoms. The highest BCUT2D eigenvalue weighted by molar-refractivity contribution is 7.80. The second kappa shape index (κ2) is 28.2. The molecule has 0 aliphatic rings. The standard InChI is InChI=1S/C40H56N10O17S/c1-18(54)32(42)39(65)46-23(10-19-2-6-21(55)7-3-19)33(59)43-13-31(58)44-24(11-20-4-8-22(56)9-5-20)34(60)47-27(15-52)37(63)49-26(14-51)36(62)45-25(12-30(41)57)35(61)48-28(16-53)38(64)50-29(17-68)40(66)67/h2-9,18,23-29,32,51-56,68H,10-17,42H2,1H3,(H2,41,57)(H,43,59)(H,44,58)(H,45,62)(H,46,65)(H,47,60)(H,48,61)(H,49,63)(H,50,64)(H,66,67)/t18-,23+,24+,25+,26+,27+,28+,29+,32+/m1/s1. The van der Waals surface area contributed by atoms with Gasteiger partial charge in [-0.15, -0.1) is 0 Å². The molecule has 0 unspecified atom stereocenters. The van der Waals surface area contributed by atoms with Crippen molar-refractivity contribution >= 4 is 71.8 Å². The van der Waals surface area contributed by atoms with Gasteiger partial charge in [-0.2, -0.15) is 12.6 Å². The molecule has 0 heterocycles. The van der Waals surface area contributed by atoms with Crippen LogP contribution in [0, 0.1) is 0 Å². The maximum absolute atomic E-state index is 13.7. The molecule has 0 bridgehead atoms. The number of carbonyl (C=O) groups excluding carboxylic acids is 9. The summed E-state index contributed by atoms with van der Waals surface area (Å²) in [5.74, 6) is -12.3. The summed E-state index contributed by atoms with van der Waals surface area (Å²) in [6.45, 7) is -2.97. The van der Waals surface area contributed by atoms with Gasteiger partial charge >= 0.3 is 5.97 Å². The van der Waals surface area contributed by atoms with Gasteiger partial charge in [0, 0.05) is 18.6 Å². The van der Waals surface area contributed by atoms with E-state index in [1.165, 1.54) is 55.5 Å². The Morgan fingerprint density at radius 1 is 0.544 bits per heavy atom. The molecule has 0 aliphatic carbocycles. The molecule has 9 amide bonds. The Morgan fingerprint density at radius 2 is 0.897 bits per heavy atom. The van der Waals surface area contributed by atoms with Crippen LogP contribution >= 0.6 is 12.6 Å². The van der Waals surface area contributed by atoms with Crippen molar-refractivity contribution in [1.82, 2.24) is 42.5 Å². The van der Waals surface area contributed by atoms with Gasteiger partial charge < -0.3 is 89.7 Å². The minimum atomic E-state index is -1.96. The highest BCUT2D eigenvalue weighted by Gasteiger charge is 2.34. The number of primary amides is 1. The molecule has 2 aromatic rings. The second-order valence-corrected chi connectivity index (χ2v) is 15.3. The first kappa shape index (κ1) is 57.0. The quantitative estimate of drug-likeness (QED) is 0.0352. The number of thiol groups is 1. The molecule has 374 valence electrons. The first-order chi connectivity index (χ1) is 32.0. The van der Waals surface area contributed by atoms with E-state index in [0.29, 0.717) is 11.1 Å². The smallest absolute Gasteiger partial charge is 0.327 e. The number of nitrogens with one attached hydrogen (secondary N) is 8. The van der Waals surface area contributed by atoms with Crippen LogP contribution in [0.5, 0.6) is 11.5 Å². The van der Waals surface area contributed by atoms with E-state index in [4.69, 9.17) is 16.6 Å². The molecule has 2 rings (SSSR count). The zero-order valence-electron chi connectivity index (χ0n) is 36.3. The number of hydrogen-bond acceptors (Lipinski definition) is 18. The fourth-order valence-corrected chi connectivity index (χ4v) is 5.96. The molecule has 0 aromatic heterocycles. The van der Waals surface area contributed by atoms with Crippen molar-refractivity contribution in [2.24, 2.45) is 11.5 Å². The van der Waals surface area contributed by atoms with Crippen LogP contribution in [-0.4, -0.2) is 181 Å². The molecular weight excluding hydrogens is 925 g/mol. The van der Waals surface area contributed by atoms with E-state index in [9.17, 15) is 78.6 Å². The van der Waals surface area contributed by atoms with Crippen molar-refractivity contribution in [3.8, 4) is 11.5 Å². The van der Waals surface area contributed by atoms with Crippen molar-refractivity contribution < 1.29 is 83.7 Å². The van der Waals surface area contributed by atoms with E-state index in [0.717, 1.165) is 0 Å². The third-order valence-corrected chi connectivity index (χ3v) is 9.93. The molecule has 9 atom stereocenters. The molecule has 0 saturated carbocycles. The number of nitrogens with two attached hydrogens (primary N) is 2. The van der Waals surface area contributed by atoms with E-state index in [-0.39, 0.29) is 30.1 Å². The minimum Gasteiger partial charge on any atom is -0.508 e. The van der Waals surface area contributed by atoms with Crippen molar-refractivity contribution in [3.63, 3.8) is 0 Å². The number of amides is 9. The number of carboxylic acids is 1. The summed E-state index contributed by atoms with van der Waals surface area (Å²) in [7, 11) is 0. The number of phenolic OH excluding ortho intramolecular Hbond substituents is 2. The SMILES string of the molecule is C[C@@H](O)[C@H](N)C(=O)N[C@@H](Cc1ccc(O)cc1)C(=O)NCC(=O)N[C@@H](Cc1ccc(O)cc1)C(=O)N[C@@H](CO)C(=O)N[C@@H](CO)C(=O)N[C@@H](CC(N)=O)C(=O)N[C@@H](CO)C(=O)N[C@@H](CS)C(=O)O. The Kier molecular flexibility index (Phi) is 23.6. The summed E-state index contributed by atoms with van der Waals surface area (Å²) in [5, 5.41) is 85.5. The molecule has 0 spiro atoms. The maximum Gasteiger partial charge on any atom is 0.327 e. The lowest BCUT2D eigenvalue weighted by molar-refractivity contribution is -0.142. The van der Waals surface area contributed by atoms with Crippen molar-refractivity contribution in [2.45, 2.75) is 80.6 Å². The lowest BCUT2D eigenvalue weighted by Gasteiger charge is -2.26. The topological polar surface area (TPSA) is 461 Å². The van der Waals surface area contributed by atoms with Gasteiger partial charge in [0.2, 0.25) is 53.2 Å². The first-order valence-electron chi connectivity index (χ1n) is 20.4. The summed E-state index contributed by atoms with van der Waals surface area (Å²) in [6, 6.07) is -2.58. The normalized spacial score (nSPS) is 14.9. The first-order valence-corrected chi connectivity index (χ1v) is 21.0. The van der Waals surface area contributed by atoms with Crippen LogP contribution in [-0.2, 0) is 60.8 Å². The number of benzene rings is 2. The van der Waals surface area contributed by atoms with Gasteiger partial charge in [-0.25, -0.2) is 4.79 Å². The predicted octanol–water partition coefficient (Wildman–Crippen LogP) is -8.03. The molecule has 2 aromatic carbocycles. The van der Waals surface area contributed by atoms with Crippen LogP contribution in [0.25, 0.3) is 0 Å². The van der Waals surface area contributed by atoms with Gasteiger partial charge in [0.25, 0.3) is 0 Å². The largest absolute Gasteiger partial charge is 0.508 e. The number of aliphatic hydroxyl groups excluding tert-OH is 4. The summed E-state index contributed by atoms with van der Waals surface area (Å²) < 4.78 is 0. The van der Waals surface area contributed by atoms with Crippen molar-refractivity contribution in [1.29, 1.82) is 0 Å². The van der Waals surface area contributed by atoms with Crippen molar-refractivity contribution in [2.75, 3.05) is 32.1 Å². The number of aromatic hydroxyl groups is 2. The molecule has 27 nitrogen and oxygen atoms in total. The average molecular weight is 981 g/mol. The van der Waals surface area contributed by atoms with Crippen LogP contribution < -0.4 is 54.0 Å². The second-order valence-electron chi connectivity index (χ2n) is 15.0. The fourth-order valence-electron chi connectivity index (χ4n) is 5.72. The van der Waals surface area contributed by atoms with E-state index in [2.05, 4.69) is 33.9 Å². The lowest BCUT2D eigenvalue weighted by atomic mass is 10.0. The number of hydrogen-bond donors (Lipinski definition) is 18. The minimum absolute atomic E-state index is 0.0813. The van der Waals surface area contributed by atoms with Crippen LogP contribution in [0.2, 0.25) is 0 Å². The Morgan fingerprint density at radius 3 is 1.26 bits per heavy atom. The van der Waals surface area contributed by atoms with Gasteiger partial charge in [-0.1, -0.05) is 24.3 Å². The molecule has 0 fully saturated rings. The van der Waals surface area contributed by atoms with Gasteiger partial charge in [0.1, 0.15) is 59.8 Å². The number of carboxylic acid groups (broad SMARTS) is 1. The highest BCUT2D eigenvalue weighted by atomic mass is 32.1. The molecule has 0 aliphatic heterocycles. The lowest BCUT2D eigenvalue weighted by Crippen LogP contribution is -2.61. The van der Waals surface area contributed by atoms with E-state index < -0.39 is 146 Å². The molecule has 0 saturated heterocycles. The Bertz CT molecular complexity index is 2100. The summed E-state index contributed by atoms with van der Waals surface area (Å²) >= 11 is 3.80. The monoisotopic (exact) mass is 980 g/mol. The Hall–Kier alpha value is -7.11. The fraction of sp³-hybridized carbons (Fsp3) is 0.450. The third-order valence-electron chi connectivity index (χ3n) is 9.56. The number of rotatable bonds is 28. The highest BCUT2D eigenvalue weighted by Crippen LogP contribution is 2.13. The number of carbonyl (C=O) groups is 10. The molecular formula is C40H56N10O17S. The van der Waals surface area contributed by atoms with Crippen LogP contribution in [0.15, 0.2) is 48.5 Å². The number of aliphatic hydroxyl groups is 4. The summed E-state index contributed by atoms with van der Waals surface area (Å²) in [5.41, 5.74) is 11.7. The van der Waals surface area contributed by atoms with Crippen LogP contribution in [0.1, 0.15) is 24.5 Å². The Balaban J connectivity index is 2.23. The van der Waals surface area contributed by atoms with Gasteiger partial charge in [-0.05, 0) is 42.3 Å². The van der Waals surface area contributed by atoms with E-state index >= 15 is 0 Å². The van der Waals surface area contributed by atoms with Gasteiger partial charge in [0.05, 0.1) is 38.9 Å². The van der Waals surface area contributed by atoms with Gasteiger partial charge in [-0.3, -0.25) is 43.2 Å². The van der Waals surface area contributed by atoms with Crippen LogP contribution in [0.3, 0.4) is 0 Å². The zero-order chi connectivity index (χ0) is 51.2. The average Bonchev–Trinajstić information content (AvgIpc) is 3.29. The van der Waals surface area contributed by atoms with Gasteiger partial charge in [0.15, 0.2) is 0 Å². The Labute approximate surface area is 392 Å². The zero-order valence-corrected chi connectivity index (χ0v) is 37.2. The maximum atomic E-state index is 13.7. The predicted molar refractivity (Wildman–Crippen MR) is 236 cm³/mol. The number of phenols is 2. The summed E-state index contributed by atoms with van der Waals surface area (Å²) in [4.78, 5) is 128. The summed E-state index contributed by atoms with van der Waals surface area (Å²) in [6.07, 6.45) is -2.71. The molecule has 68 heavy (non-hydrogen) atoms. The van der Waals surface area contributed by atoms with Crippen molar-refractivity contribution in [3.05, 3.63) is 59.7 Å².